The first-order valence-corrected chi connectivity index (χ1v) is 9.59. The van der Waals surface area contributed by atoms with E-state index in [0.717, 1.165) is 0 Å². The maximum atomic E-state index is 12.3. The zero-order valence-corrected chi connectivity index (χ0v) is 17.1. The predicted molar refractivity (Wildman–Crippen MR) is 111 cm³/mol. The fourth-order valence-corrected chi connectivity index (χ4v) is 2.70. The SMILES string of the molecule is CC(NC(=S)CNC(=O)CCCCC(=O)O)C(=O)Nc1cc(CO)cc(CO)c1. The van der Waals surface area contributed by atoms with Gasteiger partial charge in [0, 0.05) is 18.5 Å². The number of carbonyl (C=O) groups is 3. The van der Waals surface area contributed by atoms with Crippen LogP contribution < -0.4 is 16.0 Å². The van der Waals surface area contributed by atoms with Gasteiger partial charge in [-0.1, -0.05) is 18.3 Å². The highest BCUT2D eigenvalue weighted by Gasteiger charge is 2.15. The van der Waals surface area contributed by atoms with Crippen LogP contribution in [0.15, 0.2) is 18.2 Å². The van der Waals surface area contributed by atoms with Crippen molar-refractivity contribution in [2.24, 2.45) is 0 Å². The normalized spacial score (nSPS) is 11.4. The summed E-state index contributed by atoms with van der Waals surface area (Å²) in [6, 6.07) is 4.17. The van der Waals surface area contributed by atoms with E-state index in [0.29, 0.717) is 29.7 Å². The Morgan fingerprint density at radius 1 is 1.03 bits per heavy atom. The molecule has 1 aromatic carbocycles. The summed E-state index contributed by atoms with van der Waals surface area (Å²) in [7, 11) is 0. The van der Waals surface area contributed by atoms with E-state index >= 15 is 0 Å². The van der Waals surface area contributed by atoms with Crippen LogP contribution >= 0.6 is 12.2 Å². The number of hydrogen-bond donors (Lipinski definition) is 6. The lowest BCUT2D eigenvalue weighted by molar-refractivity contribution is -0.137. The Morgan fingerprint density at radius 3 is 2.17 bits per heavy atom. The summed E-state index contributed by atoms with van der Waals surface area (Å²) in [5.74, 6) is -1.50. The molecule has 0 aliphatic rings. The van der Waals surface area contributed by atoms with E-state index in [1.807, 2.05) is 0 Å². The quantitative estimate of drug-likeness (QED) is 0.212. The number of aliphatic carboxylic acids is 1. The second-order valence-corrected chi connectivity index (χ2v) is 7.00. The summed E-state index contributed by atoms with van der Waals surface area (Å²) in [5, 5.41) is 35.2. The van der Waals surface area contributed by atoms with E-state index < -0.39 is 12.0 Å². The van der Waals surface area contributed by atoms with Crippen LogP contribution in [-0.4, -0.2) is 50.7 Å². The molecular formula is C19H27N3O6S. The van der Waals surface area contributed by atoms with Crippen LogP contribution in [0.3, 0.4) is 0 Å². The van der Waals surface area contributed by atoms with Crippen molar-refractivity contribution in [2.45, 2.75) is 51.9 Å². The Balaban J connectivity index is 2.41. The Hall–Kier alpha value is -2.56. The van der Waals surface area contributed by atoms with Gasteiger partial charge < -0.3 is 31.3 Å². The molecule has 160 valence electrons. The van der Waals surface area contributed by atoms with Crippen molar-refractivity contribution in [2.75, 3.05) is 11.9 Å². The molecule has 0 spiro atoms. The number of carboxylic acid groups (broad SMARTS) is 1. The van der Waals surface area contributed by atoms with Crippen LogP contribution in [0, 0.1) is 0 Å². The molecule has 0 radical (unpaired) electrons. The lowest BCUT2D eigenvalue weighted by atomic mass is 10.1. The number of aliphatic hydroxyl groups is 2. The number of amides is 2. The van der Waals surface area contributed by atoms with Gasteiger partial charge in [0.1, 0.15) is 6.04 Å². The van der Waals surface area contributed by atoms with Crippen molar-refractivity contribution < 1.29 is 29.7 Å². The van der Waals surface area contributed by atoms with Crippen molar-refractivity contribution in [3.05, 3.63) is 29.3 Å². The van der Waals surface area contributed by atoms with E-state index in [2.05, 4.69) is 16.0 Å². The lowest BCUT2D eigenvalue weighted by Crippen LogP contribution is -2.45. The number of carbonyl (C=O) groups excluding carboxylic acids is 2. The van der Waals surface area contributed by atoms with Gasteiger partial charge in [0.2, 0.25) is 11.8 Å². The molecule has 1 rings (SSSR count). The molecule has 0 fully saturated rings. The molecule has 9 nitrogen and oxygen atoms in total. The van der Waals surface area contributed by atoms with Gasteiger partial charge >= 0.3 is 5.97 Å². The minimum atomic E-state index is -0.890. The average molecular weight is 426 g/mol. The molecule has 29 heavy (non-hydrogen) atoms. The number of benzene rings is 1. The zero-order chi connectivity index (χ0) is 21.8. The minimum Gasteiger partial charge on any atom is -0.481 e. The van der Waals surface area contributed by atoms with Gasteiger partial charge in [0.05, 0.1) is 24.7 Å². The summed E-state index contributed by atoms with van der Waals surface area (Å²) in [4.78, 5) is 34.7. The van der Waals surface area contributed by atoms with Crippen LogP contribution in [0.5, 0.6) is 0 Å². The van der Waals surface area contributed by atoms with Crippen LogP contribution in [-0.2, 0) is 27.6 Å². The van der Waals surface area contributed by atoms with Gasteiger partial charge in [0.25, 0.3) is 0 Å². The highest BCUT2D eigenvalue weighted by atomic mass is 32.1. The molecule has 1 unspecified atom stereocenters. The molecule has 0 heterocycles. The summed E-state index contributed by atoms with van der Waals surface area (Å²) in [6.07, 6.45) is 1.14. The number of aliphatic hydroxyl groups excluding tert-OH is 2. The van der Waals surface area contributed by atoms with Gasteiger partial charge in [-0.25, -0.2) is 0 Å². The second kappa shape index (κ2) is 12.8. The van der Waals surface area contributed by atoms with Gasteiger partial charge in [-0.05, 0) is 43.0 Å². The minimum absolute atomic E-state index is 0.0287. The topological polar surface area (TPSA) is 148 Å². The third-order valence-corrected chi connectivity index (χ3v) is 4.21. The first-order chi connectivity index (χ1) is 13.7. The van der Waals surface area contributed by atoms with E-state index in [9.17, 15) is 24.6 Å². The molecule has 6 N–H and O–H groups in total. The first-order valence-electron chi connectivity index (χ1n) is 9.18. The Kier molecular flexibility index (Phi) is 10.8. The molecule has 10 heteroatoms. The highest BCUT2D eigenvalue weighted by Crippen LogP contribution is 2.15. The van der Waals surface area contributed by atoms with E-state index in [4.69, 9.17) is 17.3 Å². The zero-order valence-electron chi connectivity index (χ0n) is 16.2. The molecule has 0 saturated carbocycles. The van der Waals surface area contributed by atoms with Crippen LogP contribution in [0.25, 0.3) is 0 Å². The maximum Gasteiger partial charge on any atom is 0.303 e. The second-order valence-electron chi connectivity index (χ2n) is 6.51. The monoisotopic (exact) mass is 425 g/mol. The standard InChI is InChI=1S/C19H27N3O6S/c1-12(19(28)22-15-7-13(10-23)6-14(8-15)11-24)21-17(29)9-20-16(25)4-2-3-5-18(26)27/h6-8,12,23-24H,2-5,9-11H2,1H3,(H,20,25)(H,21,29)(H,22,28)(H,26,27). The van der Waals surface area contributed by atoms with Crippen LogP contribution in [0.1, 0.15) is 43.7 Å². The Morgan fingerprint density at radius 2 is 1.62 bits per heavy atom. The number of rotatable bonds is 12. The molecular weight excluding hydrogens is 398 g/mol. The van der Waals surface area contributed by atoms with E-state index in [1.54, 1.807) is 25.1 Å². The third kappa shape index (κ3) is 9.97. The van der Waals surface area contributed by atoms with E-state index in [1.165, 1.54) is 0 Å². The number of carboxylic acids is 1. The first kappa shape index (κ1) is 24.5. The summed E-state index contributed by atoms with van der Waals surface area (Å²) < 4.78 is 0. The predicted octanol–water partition coefficient (Wildman–Crippen LogP) is 0.676. The number of thiocarbonyl (C=S) groups is 1. The fraction of sp³-hybridized carbons (Fsp3) is 0.474. The number of anilines is 1. The van der Waals surface area contributed by atoms with Gasteiger partial charge in [-0.3, -0.25) is 14.4 Å². The van der Waals surface area contributed by atoms with Crippen molar-refractivity contribution >= 4 is 40.7 Å². The fourth-order valence-electron chi connectivity index (χ4n) is 2.45. The third-order valence-electron chi connectivity index (χ3n) is 3.95. The largest absolute Gasteiger partial charge is 0.481 e. The van der Waals surface area contributed by atoms with Gasteiger partial charge in [0.15, 0.2) is 0 Å². The summed E-state index contributed by atoms with van der Waals surface area (Å²) in [6.45, 7) is 1.24. The molecule has 0 aliphatic carbocycles. The van der Waals surface area contributed by atoms with E-state index in [-0.39, 0.29) is 49.4 Å². The number of hydrogen-bond acceptors (Lipinski definition) is 6. The summed E-state index contributed by atoms with van der Waals surface area (Å²) >= 11 is 5.13. The Labute approximate surface area is 174 Å². The maximum absolute atomic E-state index is 12.3. The molecule has 1 atom stereocenters. The smallest absolute Gasteiger partial charge is 0.303 e. The molecule has 0 bridgehead atoms. The number of unbranched alkanes of at least 4 members (excludes halogenated alkanes) is 1. The molecule has 1 aromatic rings. The molecule has 0 saturated heterocycles. The van der Waals surface area contributed by atoms with Crippen molar-refractivity contribution in [1.29, 1.82) is 0 Å². The number of nitrogens with one attached hydrogen (secondary N) is 3. The Bertz CT molecular complexity index is 718. The van der Waals surface area contributed by atoms with Crippen molar-refractivity contribution in [1.82, 2.24) is 10.6 Å². The van der Waals surface area contributed by atoms with Crippen LogP contribution in [0.4, 0.5) is 5.69 Å². The van der Waals surface area contributed by atoms with Gasteiger partial charge in [-0.2, -0.15) is 0 Å². The average Bonchev–Trinajstić information content (AvgIpc) is 2.68. The highest BCUT2D eigenvalue weighted by molar-refractivity contribution is 7.80. The van der Waals surface area contributed by atoms with Crippen LogP contribution in [0.2, 0.25) is 0 Å². The van der Waals surface area contributed by atoms with Gasteiger partial charge in [-0.15, -0.1) is 0 Å². The molecule has 0 aliphatic heterocycles. The lowest BCUT2D eigenvalue weighted by Gasteiger charge is -2.17. The van der Waals surface area contributed by atoms with Crippen molar-refractivity contribution in [3.63, 3.8) is 0 Å². The molecule has 2 amide bonds. The van der Waals surface area contributed by atoms with Crippen molar-refractivity contribution in [3.8, 4) is 0 Å². The molecule has 0 aromatic heterocycles. The summed E-state index contributed by atoms with van der Waals surface area (Å²) in [5.41, 5.74) is 1.57.